The molecule has 0 unspecified atom stereocenters. The largest absolute Gasteiger partial charge is 0.506 e. The Morgan fingerprint density at radius 3 is 2.74 bits per heavy atom. The molecule has 0 aromatic heterocycles. The molecular weight excluding hydrogens is 242 g/mol. The monoisotopic (exact) mass is 255 g/mol. The van der Waals surface area contributed by atoms with Crippen molar-refractivity contribution in [3.8, 4) is 17.2 Å². The Morgan fingerprint density at radius 2 is 2.00 bits per heavy atom. The lowest BCUT2D eigenvalue weighted by Crippen LogP contribution is -2.08. The molecule has 1 aromatic rings. The second-order valence-electron chi connectivity index (χ2n) is 4.60. The first kappa shape index (κ1) is 11.5. The second-order valence-corrected chi connectivity index (χ2v) is 4.60. The van der Waals surface area contributed by atoms with Gasteiger partial charge in [-0.25, -0.2) is 4.98 Å². The summed E-state index contributed by atoms with van der Waals surface area (Å²) >= 11 is 0. The van der Waals surface area contributed by atoms with Gasteiger partial charge in [0.2, 0.25) is 0 Å². The number of aromatic nitrogens is 1. The number of rotatable bonds is 1. The fourth-order valence-electron chi connectivity index (χ4n) is 1.93. The Kier molecular flexibility index (Phi) is 2.41. The zero-order valence-electron chi connectivity index (χ0n) is 10.6. The van der Waals surface area contributed by atoms with E-state index in [1.165, 1.54) is 12.1 Å². The number of hydrogen-bond donors (Lipinski definition) is 2. The molecular formula is C14H13N3O2. The number of phenols is 1. The molecule has 0 atom stereocenters. The van der Waals surface area contributed by atoms with Crippen molar-refractivity contribution in [2.45, 2.75) is 0 Å². The Morgan fingerprint density at radius 1 is 1.21 bits per heavy atom. The molecule has 0 fully saturated rings. The Balaban J connectivity index is 2.33. The molecule has 0 spiro atoms. The van der Waals surface area contributed by atoms with Crippen molar-refractivity contribution in [2.75, 3.05) is 19.0 Å². The minimum Gasteiger partial charge on any atom is -0.506 e. The molecule has 1 aliphatic carbocycles. The van der Waals surface area contributed by atoms with E-state index in [1.54, 1.807) is 0 Å². The topological polar surface area (TPSA) is 73.3 Å². The maximum atomic E-state index is 9.53. The van der Waals surface area contributed by atoms with Crippen molar-refractivity contribution < 1.29 is 9.52 Å². The number of hydrogen-bond acceptors (Lipinski definition) is 5. The smallest absolute Gasteiger partial charge is 0.155 e. The lowest BCUT2D eigenvalue weighted by molar-refractivity contribution is 0.465. The second kappa shape index (κ2) is 3.98. The number of phenolic OH excluding ortho intramolecular Hbond substituents is 1. The summed E-state index contributed by atoms with van der Waals surface area (Å²) in [6.07, 6.45) is 0. The van der Waals surface area contributed by atoms with Crippen molar-refractivity contribution in [1.29, 1.82) is 5.41 Å². The van der Waals surface area contributed by atoms with E-state index in [9.17, 15) is 5.11 Å². The van der Waals surface area contributed by atoms with Gasteiger partial charge in [0.05, 0.1) is 5.36 Å². The first-order valence-electron chi connectivity index (χ1n) is 5.84. The number of nitrogens with zero attached hydrogens (tertiary/aromatic N) is 2. The van der Waals surface area contributed by atoms with Gasteiger partial charge in [-0.15, -0.1) is 0 Å². The van der Waals surface area contributed by atoms with E-state index in [1.807, 2.05) is 37.2 Å². The summed E-state index contributed by atoms with van der Waals surface area (Å²) in [6.45, 7) is 0. The van der Waals surface area contributed by atoms with Gasteiger partial charge in [0.15, 0.2) is 11.3 Å². The molecule has 5 nitrogen and oxygen atoms in total. The van der Waals surface area contributed by atoms with E-state index in [4.69, 9.17) is 9.83 Å². The molecule has 2 aliphatic rings. The molecule has 0 radical (unpaired) electrons. The third-order valence-corrected chi connectivity index (χ3v) is 3.00. The minimum atomic E-state index is -0.0977. The summed E-state index contributed by atoms with van der Waals surface area (Å²) in [5.74, 6) is 0.394. The van der Waals surface area contributed by atoms with Crippen LogP contribution in [0.4, 0.5) is 5.69 Å². The van der Waals surface area contributed by atoms with Crippen LogP contribution in [-0.4, -0.2) is 24.2 Å². The molecule has 96 valence electrons. The summed E-state index contributed by atoms with van der Waals surface area (Å²) < 4.78 is 5.75. The summed E-state index contributed by atoms with van der Waals surface area (Å²) in [5, 5.41) is 17.1. The maximum Gasteiger partial charge on any atom is 0.155 e. The summed E-state index contributed by atoms with van der Waals surface area (Å²) in [5.41, 5.74) is 2.93. The Hall–Kier alpha value is -2.56. The van der Waals surface area contributed by atoms with Crippen LogP contribution in [0.25, 0.3) is 22.6 Å². The van der Waals surface area contributed by atoms with Crippen LogP contribution in [0.2, 0.25) is 0 Å². The number of nitrogens with one attached hydrogen (secondary N) is 1. The zero-order chi connectivity index (χ0) is 13.6. The van der Waals surface area contributed by atoms with Crippen molar-refractivity contribution >= 4 is 16.8 Å². The van der Waals surface area contributed by atoms with Gasteiger partial charge in [-0.2, -0.15) is 0 Å². The molecule has 1 aliphatic heterocycles. The van der Waals surface area contributed by atoms with Gasteiger partial charge < -0.3 is 14.4 Å². The molecule has 0 bridgehead atoms. The molecule has 1 aromatic carbocycles. The van der Waals surface area contributed by atoms with E-state index in [2.05, 4.69) is 4.98 Å². The lowest BCUT2D eigenvalue weighted by Gasteiger charge is -2.13. The van der Waals surface area contributed by atoms with Crippen LogP contribution in [0.3, 0.4) is 0 Å². The predicted molar refractivity (Wildman–Crippen MR) is 72.5 cm³/mol. The van der Waals surface area contributed by atoms with Crippen molar-refractivity contribution in [3.63, 3.8) is 0 Å². The molecule has 0 saturated heterocycles. The normalized spacial score (nSPS) is 11.1. The van der Waals surface area contributed by atoms with Gasteiger partial charge in [0, 0.05) is 38.0 Å². The minimum absolute atomic E-state index is 0.0289. The summed E-state index contributed by atoms with van der Waals surface area (Å²) in [7, 11) is 3.91. The quantitative estimate of drug-likeness (QED) is 0.654. The number of benzene rings is 2. The highest BCUT2D eigenvalue weighted by Crippen LogP contribution is 2.27. The average molecular weight is 255 g/mol. The SMILES string of the molecule is CN(C)c1ccc2nc3cc(O)c(=N)cc-3oc2c1. The molecule has 1 heterocycles. The fraction of sp³-hybridized carbons (Fsp3) is 0.143. The first-order chi connectivity index (χ1) is 9.04. The third-order valence-electron chi connectivity index (χ3n) is 3.00. The molecule has 2 N–H and O–H groups in total. The third kappa shape index (κ3) is 1.89. The van der Waals surface area contributed by atoms with Gasteiger partial charge in [-0.3, -0.25) is 5.41 Å². The zero-order valence-corrected chi connectivity index (χ0v) is 10.6. The van der Waals surface area contributed by atoms with E-state index >= 15 is 0 Å². The molecule has 19 heavy (non-hydrogen) atoms. The predicted octanol–water partition coefficient (Wildman–Crippen LogP) is 2.18. The first-order valence-corrected chi connectivity index (χ1v) is 5.84. The maximum absolute atomic E-state index is 9.53. The van der Waals surface area contributed by atoms with Crippen LogP contribution in [0.1, 0.15) is 0 Å². The molecule has 3 rings (SSSR count). The highest BCUT2D eigenvalue weighted by Gasteiger charge is 2.11. The molecule has 0 amide bonds. The van der Waals surface area contributed by atoms with Crippen LogP contribution < -0.4 is 10.3 Å². The van der Waals surface area contributed by atoms with Crippen LogP contribution >= 0.6 is 0 Å². The lowest BCUT2D eigenvalue weighted by atomic mass is 10.2. The van der Waals surface area contributed by atoms with Gasteiger partial charge >= 0.3 is 0 Å². The Labute approximate surface area is 109 Å². The van der Waals surface area contributed by atoms with Crippen LogP contribution in [0.15, 0.2) is 34.7 Å². The Bertz CT molecular complexity index is 792. The van der Waals surface area contributed by atoms with Crippen molar-refractivity contribution in [2.24, 2.45) is 0 Å². The van der Waals surface area contributed by atoms with E-state index in [0.717, 1.165) is 11.2 Å². The number of aromatic hydroxyl groups is 1. The van der Waals surface area contributed by atoms with Gasteiger partial charge in [-0.1, -0.05) is 0 Å². The summed E-state index contributed by atoms with van der Waals surface area (Å²) in [6, 6.07) is 8.65. The van der Waals surface area contributed by atoms with Crippen LogP contribution in [0, 0.1) is 5.41 Å². The fourth-order valence-corrected chi connectivity index (χ4v) is 1.93. The average Bonchev–Trinajstić information content (AvgIpc) is 2.37. The van der Waals surface area contributed by atoms with Gasteiger partial charge in [-0.05, 0) is 12.1 Å². The number of anilines is 1. The van der Waals surface area contributed by atoms with E-state index in [0.29, 0.717) is 17.0 Å². The standard InChI is InChI=1S/C14H13N3O2/c1-17(2)8-3-4-10-13(5-8)19-14-6-9(15)12(18)7-11(14)16-10/h3-7,15,18H,1-2H3. The van der Waals surface area contributed by atoms with Crippen LogP contribution in [-0.2, 0) is 0 Å². The van der Waals surface area contributed by atoms with Crippen LogP contribution in [0.5, 0.6) is 5.75 Å². The highest BCUT2D eigenvalue weighted by molar-refractivity contribution is 5.80. The van der Waals surface area contributed by atoms with E-state index < -0.39 is 0 Å². The molecule has 5 heteroatoms. The van der Waals surface area contributed by atoms with Crippen molar-refractivity contribution in [3.05, 3.63) is 35.7 Å². The van der Waals surface area contributed by atoms with Gasteiger partial charge in [0.25, 0.3) is 0 Å². The highest BCUT2D eigenvalue weighted by atomic mass is 16.3. The van der Waals surface area contributed by atoms with E-state index in [-0.39, 0.29) is 11.1 Å². The van der Waals surface area contributed by atoms with Crippen molar-refractivity contribution in [1.82, 2.24) is 4.98 Å². The summed E-state index contributed by atoms with van der Waals surface area (Å²) in [4.78, 5) is 6.40. The molecule has 0 saturated carbocycles. The number of fused-ring (bicyclic) bond motifs is 2. The van der Waals surface area contributed by atoms with Gasteiger partial charge in [0.1, 0.15) is 17.0 Å².